The SMILES string of the molecule is Nc1cc[c-]cn1.[Y].[c-]1ccccc1. The summed E-state index contributed by atoms with van der Waals surface area (Å²) < 4.78 is 0. The molecule has 1 aromatic heterocycles. The maximum absolute atomic E-state index is 5.23. The summed E-state index contributed by atoms with van der Waals surface area (Å²) in [5.41, 5.74) is 5.23. The molecule has 1 aromatic carbocycles. The van der Waals surface area contributed by atoms with E-state index < -0.39 is 0 Å². The second-order valence-electron chi connectivity index (χ2n) is 2.26. The van der Waals surface area contributed by atoms with Gasteiger partial charge in [0.2, 0.25) is 0 Å². The fraction of sp³-hybridized carbons (Fsp3) is 0. The Labute approximate surface area is 109 Å². The molecule has 0 bridgehead atoms. The van der Waals surface area contributed by atoms with Crippen LogP contribution in [0.4, 0.5) is 5.82 Å². The number of nitrogens with zero attached hydrogens (tertiary/aromatic N) is 1. The first kappa shape index (κ1) is 13.3. The molecule has 0 atom stereocenters. The Morgan fingerprint density at radius 2 is 1.71 bits per heavy atom. The van der Waals surface area contributed by atoms with E-state index in [2.05, 4.69) is 17.1 Å². The standard InChI is InChI=1S/C6H5.C5H5N2.Y/c1-2-4-6-5-3-1;6-5-3-1-2-4-7-5;/h1-5H;1,3-4H,(H2,6,7);/q2*-1;. The monoisotopic (exact) mass is 259 g/mol. The van der Waals surface area contributed by atoms with Crippen LogP contribution in [0, 0.1) is 12.1 Å². The predicted octanol–water partition coefficient (Wildman–Crippen LogP) is 1.95. The number of pyridine rings is 1. The van der Waals surface area contributed by atoms with Crippen LogP contribution < -0.4 is 5.73 Å². The van der Waals surface area contributed by atoms with Gasteiger partial charge in [0.25, 0.3) is 0 Å². The molecular formula is C11H10N2Y-2. The molecule has 0 saturated carbocycles. The Bertz CT molecular complexity index is 284. The van der Waals surface area contributed by atoms with E-state index in [1.165, 1.54) is 6.20 Å². The van der Waals surface area contributed by atoms with Crippen LogP contribution >= 0.6 is 0 Å². The fourth-order valence-electron chi connectivity index (χ4n) is 0.673. The van der Waals surface area contributed by atoms with Crippen molar-refractivity contribution in [2.24, 2.45) is 0 Å². The molecule has 0 saturated heterocycles. The van der Waals surface area contributed by atoms with Gasteiger partial charge in [-0.05, 0) is 0 Å². The molecule has 0 unspecified atom stereocenters. The Kier molecular flexibility index (Phi) is 8.39. The van der Waals surface area contributed by atoms with Crippen molar-refractivity contribution >= 4 is 5.82 Å². The van der Waals surface area contributed by atoms with Gasteiger partial charge in [-0.3, -0.25) is 4.98 Å². The zero-order valence-electron chi connectivity index (χ0n) is 7.72. The molecule has 0 amide bonds. The van der Waals surface area contributed by atoms with Gasteiger partial charge < -0.3 is 5.73 Å². The topological polar surface area (TPSA) is 38.9 Å². The quantitative estimate of drug-likeness (QED) is 0.734. The van der Waals surface area contributed by atoms with E-state index in [0.717, 1.165) is 0 Å². The number of hydrogen-bond donors (Lipinski definition) is 1. The van der Waals surface area contributed by atoms with Crippen LogP contribution in [0.15, 0.2) is 48.7 Å². The van der Waals surface area contributed by atoms with Crippen LogP contribution in [0.3, 0.4) is 0 Å². The molecule has 14 heavy (non-hydrogen) atoms. The van der Waals surface area contributed by atoms with Crippen LogP contribution in [0.25, 0.3) is 0 Å². The van der Waals surface area contributed by atoms with Gasteiger partial charge in [0.1, 0.15) is 0 Å². The van der Waals surface area contributed by atoms with Crippen LogP contribution in [0.5, 0.6) is 0 Å². The summed E-state index contributed by atoms with van der Waals surface area (Å²) in [6.07, 6.45) is 1.54. The predicted molar refractivity (Wildman–Crippen MR) is 52.8 cm³/mol. The molecular weight excluding hydrogens is 249 g/mol. The summed E-state index contributed by atoms with van der Waals surface area (Å²) >= 11 is 0. The molecule has 0 aliphatic carbocycles. The zero-order chi connectivity index (χ0) is 9.36. The van der Waals surface area contributed by atoms with Crippen LogP contribution in [-0.4, -0.2) is 4.98 Å². The number of benzene rings is 1. The van der Waals surface area contributed by atoms with Crippen molar-refractivity contribution in [1.29, 1.82) is 0 Å². The minimum absolute atomic E-state index is 0. The Morgan fingerprint density at radius 3 is 1.93 bits per heavy atom. The van der Waals surface area contributed by atoms with E-state index in [1.54, 1.807) is 12.1 Å². The molecule has 2 aromatic rings. The molecule has 1 radical (unpaired) electrons. The molecule has 1 heterocycles. The fourth-order valence-corrected chi connectivity index (χ4v) is 0.673. The van der Waals surface area contributed by atoms with Gasteiger partial charge in [-0.25, -0.2) is 12.1 Å². The summed E-state index contributed by atoms with van der Waals surface area (Å²) in [4.78, 5) is 3.70. The third-order valence-electron chi connectivity index (χ3n) is 1.25. The average molecular weight is 259 g/mol. The van der Waals surface area contributed by atoms with Crippen molar-refractivity contribution in [3.63, 3.8) is 0 Å². The van der Waals surface area contributed by atoms with Gasteiger partial charge in [-0.15, -0.1) is 0 Å². The molecule has 2 N–H and O–H groups in total. The first-order chi connectivity index (χ1) is 6.39. The first-order valence-corrected chi connectivity index (χ1v) is 3.88. The second-order valence-corrected chi connectivity index (χ2v) is 2.26. The van der Waals surface area contributed by atoms with Crippen LogP contribution in [0.2, 0.25) is 0 Å². The van der Waals surface area contributed by atoms with E-state index in [0.29, 0.717) is 5.82 Å². The molecule has 3 heteroatoms. The maximum atomic E-state index is 5.23. The van der Waals surface area contributed by atoms with Gasteiger partial charge in [0.15, 0.2) is 0 Å². The van der Waals surface area contributed by atoms with E-state index in [-0.39, 0.29) is 32.7 Å². The second kappa shape index (κ2) is 8.85. The van der Waals surface area contributed by atoms with Crippen LogP contribution in [-0.2, 0) is 32.7 Å². The smallest absolute Gasteiger partial charge is 0.0381 e. The summed E-state index contributed by atoms with van der Waals surface area (Å²) in [6, 6.07) is 18.7. The van der Waals surface area contributed by atoms with Crippen molar-refractivity contribution in [1.82, 2.24) is 4.98 Å². The Morgan fingerprint density at radius 1 is 1.00 bits per heavy atom. The minimum atomic E-state index is 0. The third kappa shape index (κ3) is 6.75. The van der Waals surface area contributed by atoms with E-state index in [1.807, 2.05) is 30.3 Å². The number of hydrogen-bond acceptors (Lipinski definition) is 2. The van der Waals surface area contributed by atoms with E-state index >= 15 is 0 Å². The normalized spacial score (nSPS) is 7.71. The maximum Gasteiger partial charge on any atom is 0.0381 e. The van der Waals surface area contributed by atoms with Crippen molar-refractivity contribution < 1.29 is 32.7 Å². The van der Waals surface area contributed by atoms with E-state index in [9.17, 15) is 0 Å². The molecule has 0 spiro atoms. The number of anilines is 1. The first-order valence-electron chi connectivity index (χ1n) is 3.88. The molecule has 69 valence electrons. The largest absolute Gasteiger partial charge is 0.399 e. The van der Waals surface area contributed by atoms with Gasteiger partial charge in [-0.2, -0.15) is 42.5 Å². The molecule has 2 rings (SSSR count). The van der Waals surface area contributed by atoms with Gasteiger partial charge in [0, 0.05) is 38.5 Å². The zero-order valence-corrected chi connectivity index (χ0v) is 10.6. The summed E-state index contributed by atoms with van der Waals surface area (Å²) in [5, 5.41) is 0. The Hall–Kier alpha value is -0.726. The van der Waals surface area contributed by atoms with Gasteiger partial charge in [0.05, 0.1) is 0 Å². The number of nitrogen functional groups attached to an aromatic ring is 1. The number of rotatable bonds is 0. The molecule has 2 nitrogen and oxygen atoms in total. The summed E-state index contributed by atoms with van der Waals surface area (Å²) in [5.74, 6) is 0.541. The third-order valence-corrected chi connectivity index (χ3v) is 1.25. The minimum Gasteiger partial charge on any atom is -0.399 e. The van der Waals surface area contributed by atoms with Gasteiger partial charge in [-0.1, -0.05) is 6.20 Å². The van der Waals surface area contributed by atoms with Gasteiger partial charge >= 0.3 is 0 Å². The Balaban J connectivity index is 0.000000227. The molecule has 0 aliphatic rings. The average Bonchev–Trinajstić information content (AvgIpc) is 2.22. The van der Waals surface area contributed by atoms with Crippen molar-refractivity contribution in [2.45, 2.75) is 0 Å². The molecule has 0 fully saturated rings. The summed E-state index contributed by atoms with van der Waals surface area (Å²) in [7, 11) is 0. The van der Waals surface area contributed by atoms with Crippen molar-refractivity contribution in [2.75, 3.05) is 5.73 Å². The van der Waals surface area contributed by atoms with Crippen LogP contribution in [0.1, 0.15) is 0 Å². The van der Waals surface area contributed by atoms with Crippen molar-refractivity contribution in [3.05, 3.63) is 60.8 Å². The van der Waals surface area contributed by atoms with E-state index in [4.69, 9.17) is 5.73 Å². The number of aromatic nitrogens is 1. The number of nitrogens with two attached hydrogens (primary N) is 1. The van der Waals surface area contributed by atoms with Crippen molar-refractivity contribution in [3.8, 4) is 0 Å². The molecule has 0 aliphatic heterocycles. The summed E-state index contributed by atoms with van der Waals surface area (Å²) in [6.45, 7) is 0.